The Morgan fingerprint density at radius 1 is 1.33 bits per heavy atom. The maximum absolute atomic E-state index is 12.3. The normalized spacial score (nSPS) is 16.6. The van der Waals surface area contributed by atoms with Gasteiger partial charge in [0, 0.05) is 18.9 Å². The average Bonchev–Trinajstić information content (AvgIpc) is 3.00. The summed E-state index contributed by atoms with van der Waals surface area (Å²) >= 11 is 0. The Morgan fingerprint density at radius 3 is 2.67 bits per heavy atom. The van der Waals surface area contributed by atoms with Gasteiger partial charge in [0.15, 0.2) is 12.4 Å². The molecule has 0 atom stereocenters. The fourth-order valence-corrected chi connectivity index (χ4v) is 2.40. The number of nitrogens with two attached hydrogens (primary N) is 1. The van der Waals surface area contributed by atoms with E-state index in [1.54, 1.807) is 31.2 Å². The van der Waals surface area contributed by atoms with Gasteiger partial charge in [0.2, 0.25) is 5.91 Å². The van der Waals surface area contributed by atoms with Gasteiger partial charge >= 0.3 is 0 Å². The van der Waals surface area contributed by atoms with E-state index in [0.717, 1.165) is 0 Å². The van der Waals surface area contributed by atoms with Crippen molar-refractivity contribution < 1.29 is 18.8 Å². The number of anilines is 1. The Labute approximate surface area is 139 Å². The zero-order valence-electron chi connectivity index (χ0n) is 13.4. The van der Waals surface area contributed by atoms with Gasteiger partial charge in [-0.15, -0.1) is 0 Å². The third-order valence-electron chi connectivity index (χ3n) is 3.88. The van der Waals surface area contributed by atoms with Crippen LogP contribution >= 0.6 is 0 Å². The van der Waals surface area contributed by atoms with E-state index in [4.69, 9.17) is 19.7 Å². The van der Waals surface area contributed by atoms with E-state index in [1.165, 1.54) is 0 Å². The molecule has 1 saturated heterocycles. The summed E-state index contributed by atoms with van der Waals surface area (Å²) in [4.78, 5) is 16.4. The van der Waals surface area contributed by atoms with Crippen molar-refractivity contribution >= 4 is 11.6 Å². The standard InChI is InChI=1S/C16H20N4O4/c1-11-18-14(24-20-11)10-23-13-4-2-12(3-5-13)19-15(21)16(17)6-8-22-9-7-16/h2-5H,6-10,17H2,1H3,(H,19,21). The Hall–Kier alpha value is -2.45. The van der Waals surface area contributed by atoms with E-state index in [-0.39, 0.29) is 12.5 Å². The van der Waals surface area contributed by atoms with Crippen molar-refractivity contribution in [2.75, 3.05) is 18.5 Å². The van der Waals surface area contributed by atoms with E-state index in [1.807, 2.05) is 0 Å². The smallest absolute Gasteiger partial charge is 0.264 e. The molecule has 1 amide bonds. The van der Waals surface area contributed by atoms with Crippen LogP contribution < -0.4 is 15.8 Å². The van der Waals surface area contributed by atoms with Crippen LogP contribution in [-0.2, 0) is 16.1 Å². The van der Waals surface area contributed by atoms with Crippen molar-refractivity contribution in [3.8, 4) is 5.75 Å². The number of nitrogens with zero attached hydrogens (tertiary/aromatic N) is 2. The lowest BCUT2D eigenvalue weighted by Gasteiger charge is -2.31. The van der Waals surface area contributed by atoms with Crippen molar-refractivity contribution in [1.29, 1.82) is 0 Å². The van der Waals surface area contributed by atoms with Crippen LogP contribution in [0.3, 0.4) is 0 Å². The van der Waals surface area contributed by atoms with Crippen LogP contribution in [0.15, 0.2) is 28.8 Å². The molecule has 8 heteroatoms. The Bertz CT molecular complexity index is 692. The number of hydrogen-bond donors (Lipinski definition) is 2. The van der Waals surface area contributed by atoms with Gasteiger partial charge in [0.05, 0.1) is 0 Å². The van der Waals surface area contributed by atoms with Crippen LogP contribution in [0.25, 0.3) is 0 Å². The van der Waals surface area contributed by atoms with Gasteiger partial charge in [-0.1, -0.05) is 5.16 Å². The van der Waals surface area contributed by atoms with E-state index < -0.39 is 5.54 Å². The van der Waals surface area contributed by atoms with Crippen LogP contribution in [0, 0.1) is 6.92 Å². The number of aryl methyl sites for hydroxylation is 1. The molecule has 0 spiro atoms. The summed E-state index contributed by atoms with van der Waals surface area (Å²) in [5, 5.41) is 6.53. The second-order valence-electron chi connectivity index (χ2n) is 5.77. The number of rotatable bonds is 5. The lowest BCUT2D eigenvalue weighted by atomic mass is 9.90. The third-order valence-corrected chi connectivity index (χ3v) is 3.88. The second-order valence-corrected chi connectivity index (χ2v) is 5.77. The van der Waals surface area contributed by atoms with E-state index in [9.17, 15) is 4.79 Å². The molecule has 2 heterocycles. The summed E-state index contributed by atoms with van der Waals surface area (Å²) in [6.07, 6.45) is 1.03. The quantitative estimate of drug-likeness (QED) is 0.851. The highest BCUT2D eigenvalue weighted by atomic mass is 16.5. The number of aromatic nitrogens is 2. The molecule has 1 aliphatic rings. The summed E-state index contributed by atoms with van der Waals surface area (Å²) in [5.41, 5.74) is 5.95. The molecule has 1 aromatic carbocycles. The van der Waals surface area contributed by atoms with Gasteiger partial charge in [-0.2, -0.15) is 4.98 Å². The van der Waals surface area contributed by atoms with Crippen molar-refractivity contribution in [2.24, 2.45) is 5.73 Å². The van der Waals surface area contributed by atoms with Gasteiger partial charge < -0.3 is 25.0 Å². The second kappa shape index (κ2) is 6.98. The highest BCUT2D eigenvalue weighted by Crippen LogP contribution is 2.22. The fourth-order valence-electron chi connectivity index (χ4n) is 2.40. The molecule has 1 aliphatic heterocycles. The predicted octanol–water partition coefficient (Wildman–Crippen LogP) is 1.40. The minimum atomic E-state index is -0.872. The van der Waals surface area contributed by atoms with Crippen molar-refractivity contribution in [2.45, 2.75) is 31.9 Å². The van der Waals surface area contributed by atoms with Crippen molar-refractivity contribution in [3.63, 3.8) is 0 Å². The molecule has 3 rings (SSSR count). The summed E-state index contributed by atoms with van der Waals surface area (Å²) in [7, 11) is 0. The van der Waals surface area contributed by atoms with E-state index >= 15 is 0 Å². The fraction of sp³-hybridized carbons (Fsp3) is 0.438. The molecule has 3 N–H and O–H groups in total. The molecular weight excluding hydrogens is 312 g/mol. The lowest BCUT2D eigenvalue weighted by Crippen LogP contribution is -2.54. The van der Waals surface area contributed by atoms with E-state index in [2.05, 4.69) is 15.5 Å². The molecule has 24 heavy (non-hydrogen) atoms. The van der Waals surface area contributed by atoms with Crippen LogP contribution in [0.1, 0.15) is 24.6 Å². The number of carbonyl (C=O) groups is 1. The van der Waals surface area contributed by atoms with Crippen molar-refractivity contribution in [1.82, 2.24) is 10.1 Å². The first kappa shape index (κ1) is 16.4. The highest BCUT2D eigenvalue weighted by molar-refractivity contribution is 5.98. The summed E-state index contributed by atoms with van der Waals surface area (Å²) in [6, 6.07) is 7.03. The number of carbonyl (C=O) groups excluding carboxylic acids is 1. The van der Waals surface area contributed by atoms with Crippen LogP contribution in [-0.4, -0.2) is 34.8 Å². The summed E-state index contributed by atoms with van der Waals surface area (Å²) < 4.78 is 15.8. The minimum absolute atomic E-state index is 0.193. The Morgan fingerprint density at radius 2 is 2.04 bits per heavy atom. The molecule has 1 fully saturated rings. The molecule has 0 saturated carbocycles. The van der Waals surface area contributed by atoms with Gasteiger partial charge in [0.25, 0.3) is 5.89 Å². The summed E-state index contributed by atoms with van der Waals surface area (Å²) in [5.74, 6) is 1.42. The third kappa shape index (κ3) is 3.90. The number of hydrogen-bond acceptors (Lipinski definition) is 7. The lowest BCUT2D eigenvalue weighted by molar-refractivity contribution is -0.124. The first-order valence-corrected chi connectivity index (χ1v) is 7.75. The molecule has 0 radical (unpaired) electrons. The monoisotopic (exact) mass is 332 g/mol. The number of benzene rings is 1. The molecular formula is C16H20N4O4. The molecule has 0 bridgehead atoms. The molecule has 1 aromatic heterocycles. The first-order chi connectivity index (χ1) is 11.5. The molecule has 0 aliphatic carbocycles. The largest absolute Gasteiger partial charge is 0.484 e. The van der Waals surface area contributed by atoms with Gasteiger partial charge in [-0.05, 0) is 44.0 Å². The van der Waals surface area contributed by atoms with E-state index in [0.29, 0.717) is 49.2 Å². The predicted molar refractivity (Wildman–Crippen MR) is 85.4 cm³/mol. The molecule has 128 valence electrons. The maximum Gasteiger partial charge on any atom is 0.264 e. The molecule has 8 nitrogen and oxygen atoms in total. The SMILES string of the molecule is Cc1noc(COc2ccc(NC(=O)C3(N)CCOCC3)cc2)n1. The zero-order chi connectivity index (χ0) is 17.0. The highest BCUT2D eigenvalue weighted by Gasteiger charge is 2.35. The van der Waals surface area contributed by atoms with Crippen molar-refractivity contribution in [3.05, 3.63) is 36.0 Å². The zero-order valence-corrected chi connectivity index (χ0v) is 13.4. The average molecular weight is 332 g/mol. The molecule has 0 unspecified atom stereocenters. The first-order valence-electron chi connectivity index (χ1n) is 7.75. The number of ether oxygens (including phenoxy) is 2. The van der Waals surface area contributed by atoms with Gasteiger partial charge in [-0.3, -0.25) is 4.79 Å². The number of nitrogens with one attached hydrogen (secondary N) is 1. The Balaban J connectivity index is 1.55. The maximum atomic E-state index is 12.3. The number of amides is 1. The topological polar surface area (TPSA) is 113 Å². The summed E-state index contributed by atoms with van der Waals surface area (Å²) in [6.45, 7) is 2.95. The van der Waals surface area contributed by atoms with Crippen LogP contribution in [0.5, 0.6) is 5.75 Å². The van der Waals surface area contributed by atoms with Gasteiger partial charge in [0.1, 0.15) is 11.3 Å². The van der Waals surface area contributed by atoms with Gasteiger partial charge in [-0.25, -0.2) is 0 Å². The van der Waals surface area contributed by atoms with Crippen LogP contribution in [0.2, 0.25) is 0 Å². The molecule has 2 aromatic rings. The Kier molecular flexibility index (Phi) is 4.77. The van der Waals surface area contributed by atoms with Crippen LogP contribution in [0.4, 0.5) is 5.69 Å². The minimum Gasteiger partial charge on any atom is -0.484 e.